The van der Waals surface area contributed by atoms with Crippen molar-refractivity contribution in [1.82, 2.24) is 0 Å². The van der Waals surface area contributed by atoms with Gasteiger partial charge in [-0.25, -0.2) is 0 Å². The smallest absolute Gasteiger partial charge is 0.151 e. The van der Waals surface area contributed by atoms with Crippen LogP contribution in [0, 0.1) is 0 Å². The van der Waals surface area contributed by atoms with E-state index in [0.29, 0.717) is 0 Å². The lowest BCUT2D eigenvalue weighted by Crippen LogP contribution is -2.51. The number of nitrogens with zero attached hydrogens (tertiary/aromatic N) is 2. The minimum atomic E-state index is -1.95. The van der Waals surface area contributed by atoms with Crippen molar-refractivity contribution in [2.75, 3.05) is 53.4 Å². The summed E-state index contributed by atoms with van der Waals surface area (Å²) in [4.78, 5) is 19.8. The molecule has 152 valence electrons. The van der Waals surface area contributed by atoms with Gasteiger partial charge in [0.15, 0.2) is 1.43 Å². The number of carbonyl (C=O) groups excluding carboxylic acids is 2. The SMILES string of the molecule is CC[N+](C)(CC)CC.CC[N+](C)(CC)CC.O=C([O-])C(I)(I)C(=O)[O-]. The first-order valence-electron chi connectivity index (χ1n) is 8.73. The van der Waals surface area contributed by atoms with Crippen molar-refractivity contribution < 1.29 is 28.8 Å². The van der Waals surface area contributed by atoms with E-state index < -0.39 is 13.4 Å². The maximum absolute atomic E-state index is 9.92. The van der Waals surface area contributed by atoms with Gasteiger partial charge in [-0.15, -0.1) is 0 Å². The topological polar surface area (TPSA) is 80.3 Å². The molecule has 0 spiro atoms. The Bertz CT molecular complexity index is 332. The van der Waals surface area contributed by atoms with Crippen LogP contribution in [0.15, 0.2) is 0 Å². The Morgan fingerprint density at radius 2 is 0.840 bits per heavy atom. The molecule has 0 atom stereocenters. The number of alkyl halides is 2. The van der Waals surface area contributed by atoms with Gasteiger partial charge in [-0.2, -0.15) is 0 Å². The first-order chi connectivity index (χ1) is 11.3. The summed E-state index contributed by atoms with van der Waals surface area (Å²) >= 11 is 2.44. The van der Waals surface area contributed by atoms with Gasteiger partial charge in [-0.3, -0.25) is 0 Å². The molecule has 0 aromatic heterocycles. The van der Waals surface area contributed by atoms with E-state index >= 15 is 0 Å². The van der Waals surface area contributed by atoms with E-state index in [2.05, 4.69) is 55.6 Å². The molecular formula is C17H36I2N2O4. The number of hydrogen-bond acceptors (Lipinski definition) is 4. The molecular weight excluding hydrogens is 550 g/mol. The number of halogens is 2. The van der Waals surface area contributed by atoms with E-state index in [-0.39, 0.29) is 0 Å². The minimum Gasteiger partial charge on any atom is -0.547 e. The molecule has 0 aliphatic heterocycles. The second-order valence-corrected chi connectivity index (χ2v) is 11.6. The van der Waals surface area contributed by atoms with Crippen LogP contribution in [0.3, 0.4) is 0 Å². The van der Waals surface area contributed by atoms with Gasteiger partial charge in [0, 0.05) is 0 Å². The molecule has 0 radical (unpaired) electrons. The van der Waals surface area contributed by atoms with E-state index in [1.807, 2.05) is 0 Å². The third kappa shape index (κ3) is 13.2. The molecule has 0 saturated carbocycles. The molecule has 0 amide bonds. The van der Waals surface area contributed by atoms with Crippen LogP contribution in [0.2, 0.25) is 0 Å². The van der Waals surface area contributed by atoms with Gasteiger partial charge in [0.1, 0.15) is 0 Å². The zero-order valence-corrected chi connectivity index (χ0v) is 21.3. The zero-order chi connectivity index (χ0) is 20.9. The van der Waals surface area contributed by atoms with Crippen LogP contribution in [-0.2, 0) is 9.59 Å². The number of hydrogen-bond donors (Lipinski definition) is 0. The van der Waals surface area contributed by atoms with E-state index in [4.69, 9.17) is 0 Å². The van der Waals surface area contributed by atoms with E-state index in [1.165, 1.54) is 93.4 Å². The Morgan fingerprint density at radius 3 is 0.840 bits per heavy atom. The molecule has 25 heavy (non-hydrogen) atoms. The average Bonchev–Trinajstić information content (AvgIpc) is 2.61. The Hall–Kier alpha value is 0.320. The van der Waals surface area contributed by atoms with Gasteiger partial charge in [0.05, 0.1) is 65.3 Å². The zero-order valence-electron chi connectivity index (χ0n) is 17.0. The third-order valence-electron chi connectivity index (χ3n) is 5.09. The van der Waals surface area contributed by atoms with Gasteiger partial charge in [-0.1, -0.05) is 45.2 Å². The van der Waals surface area contributed by atoms with Crippen LogP contribution < -0.4 is 10.2 Å². The highest BCUT2D eigenvalue weighted by atomic mass is 127. The highest BCUT2D eigenvalue weighted by Crippen LogP contribution is 2.25. The molecule has 6 nitrogen and oxygen atoms in total. The van der Waals surface area contributed by atoms with E-state index in [1.54, 1.807) is 0 Å². The van der Waals surface area contributed by atoms with Crippen LogP contribution in [-0.4, -0.2) is 75.7 Å². The Kier molecular flexibility index (Phi) is 17.3. The van der Waals surface area contributed by atoms with Gasteiger partial charge >= 0.3 is 0 Å². The van der Waals surface area contributed by atoms with Crippen molar-refractivity contribution in [2.45, 2.75) is 43.0 Å². The number of carboxylic acid groups (broad SMARTS) is 2. The first-order valence-corrected chi connectivity index (χ1v) is 10.9. The maximum Gasteiger partial charge on any atom is 0.151 e. The highest BCUT2D eigenvalue weighted by molar-refractivity contribution is 14.2. The molecule has 0 bridgehead atoms. The predicted octanol–water partition coefficient (Wildman–Crippen LogP) is 1.04. The van der Waals surface area contributed by atoms with Crippen molar-refractivity contribution in [1.29, 1.82) is 0 Å². The van der Waals surface area contributed by atoms with E-state index in [9.17, 15) is 19.8 Å². The number of rotatable bonds is 8. The van der Waals surface area contributed by atoms with Crippen molar-refractivity contribution in [3.05, 3.63) is 0 Å². The maximum atomic E-state index is 9.92. The Morgan fingerprint density at radius 1 is 0.680 bits per heavy atom. The third-order valence-corrected chi connectivity index (χ3v) is 6.85. The summed E-state index contributed by atoms with van der Waals surface area (Å²) in [7, 11) is 4.58. The fourth-order valence-electron chi connectivity index (χ4n) is 1.42. The lowest BCUT2D eigenvalue weighted by Gasteiger charge is -2.30. The molecule has 0 aromatic carbocycles. The normalized spacial score (nSPS) is 11.6. The van der Waals surface area contributed by atoms with Crippen LogP contribution in [0.5, 0.6) is 0 Å². The molecule has 0 unspecified atom stereocenters. The number of carboxylic acids is 2. The summed E-state index contributed by atoms with van der Waals surface area (Å²) in [6.07, 6.45) is 0. The van der Waals surface area contributed by atoms with Crippen molar-refractivity contribution in [3.8, 4) is 0 Å². The summed E-state index contributed by atoms with van der Waals surface area (Å²) in [5.74, 6) is -3.33. The van der Waals surface area contributed by atoms with Crippen LogP contribution in [0.4, 0.5) is 0 Å². The number of quaternary nitrogens is 2. The Labute approximate surface area is 181 Å². The summed E-state index contributed by atoms with van der Waals surface area (Å²) in [5.41, 5.74) is 0. The monoisotopic (exact) mass is 586 g/mol. The van der Waals surface area contributed by atoms with Crippen molar-refractivity contribution >= 4 is 57.1 Å². The fraction of sp³-hybridized carbons (Fsp3) is 0.882. The molecule has 0 heterocycles. The van der Waals surface area contributed by atoms with Gasteiger partial charge in [0.25, 0.3) is 0 Å². The number of aliphatic carboxylic acids is 2. The van der Waals surface area contributed by atoms with Crippen LogP contribution in [0.25, 0.3) is 0 Å². The fourth-order valence-corrected chi connectivity index (χ4v) is 1.42. The molecule has 0 aromatic rings. The summed E-state index contributed by atoms with van der Waals surface area (Å²) in [5, 5.41) is 19.8. The second kappa shape index (κ2) is 14.4. The molecule has 0 aliphatic carbocycles. The van der Waals surface area contributed by atoms with Gasteiger partial charge in [0.2, 0.25) is 0 Å². The lowest BCUT2D eigenvalue weighted by molar-refractivity contribution is -0.904. The number of carbonyl (C=O) groups is 2. The summed E-state index contributed by atoms with van der Waals surface area (Å²) in [6.45, 7) is 21.0. The summed E-state index contributed by atoms with van der Waals surface area (Å²) < 4.78 is 0.468. The lowest BCUT2D eigenvalue weighted by atomic mass is 10.4. The molecule has 0 aliphatic rings. The first kappa shape index (κ1) is 30.1. The Balaban J connectivity index is -0.000000291. The van der Waals surface area contributed by atoms with Crippen LogP contribution in [0.1, 0.15) is 41.5 Å². The highest BCUT2D eigenvalue weighted by Gasteiger charge is 2.25. The largest absolute Gasteiger partial charge is 0.547 e. The van der Waals surface area contributed by atoms with Crippen molar-refractivity contribution in [3.63, 3.8) is 0 Å². The molecule has 0 saturated heterocycles. The second-order valence-electron chi connectivity index (χ2n) is 6.29. The van der Waals surface area contributed by atoms with Gasteiger partial charge < -0.3 is 28.8 Å². The van der Waals surface area contributed by atoms with Crippen molar-refractivity contribution in [2.24, 2.45) is 0 Å². The van der Waals surface area contributed by atoms with Crippen LogP contribution >= 0.6 is 45.2 Å². The molecule has 0 rings (SSSR count). The predicted molar refractivity (Wildman–Crippen MR) is 116 cm³/mol. The molecule has 8 heteroatoms. The summed E-state index contributed by atoms with van der Waals surface area (Å²) in [6, 6.07) is 0. The quantitative estimate of drug-likeness (QED) is 0.184. The standard InChI is InChI=1S/2C7H18N.C3H2I2O4/c2*1-5-8(4,6-2)7-3;4-3(5,1(6)7)2(8)9/h2*5-7H2,1-4H3;(H,6,7)(H,8,9)/q2*+1;/p-2. The average molecular weight is 586 g/mol. The minimum absolute atomic E-state index is 1.21. The molecule has 0 N–H and O–H groups in total. The van der Waals surface area contributed by atoms with Gasteiger partial charge in [-0.05, 0) is 41.5 Å². The molecule has 0 fully saturated rings. The van der Waals surface area contributed by atoms with E-state index in [0.717, 1.165) is 0 Å².